The number of nitrogens with one attached hydrogen (secondary N) is 1. The normalized spacial score (nSPS) is 12.6. The van der Waals surface area contributed by atoms with Gasteiger partial charge in [-0.25, -0.2) is 0 Å². The van der Waals surface area contributed by atoms with Crippen LogP contribution >= 0.6 is 15.9 Å². The molecule has 1 N–H and O–H groups in total. The highest BCUT2D eigenvalue weighted by Gasteiger charge is 2.34. The SMILES string of the molecule is CCC(C)(CC)Nc1cc(Br)ccc1C(F)(F)F. The lowest BCUT2D eigenvalue weighted by Crippen LogP contribution is -2.34. The van der Waals surface area contributed by atoms with E-state index < -0.39 is 11.7 Å². The van der Waals surface area contributed by atoms with Crippen LogP contribution in [0.1, 0.15) is 39.2 Å². The Balaban J connectivity index is 3.18. The van der Waals surface area contributed by atoms with Gasteiger partial charge in [-0.05, 0) is 38.0 Å². The van der Waals surface area contributed by atoms with E-state index in [-0.39, 0.29) is 11.2 Å². The second-order valence-corrected chi connectivity index (χ2v) is 5.50. The number of hydrogen-bond acceptors (Lipinski definition) is 1. The van der Waals surface area contributed by atoms with E-state index in [2.05, 4.69) is 21.2 Å². The largest absolute Gasteiger partial charge is 0.418 e. The summed E-state index contributed by atoms with van der Waals surface area (Å²) in [6, 6.07) is 3.98. The summed E-state index contributed by atoms with van der Waals surface area (Å²) in [6.45, 7) is 5.84. The van der Waals surface area contributed by atoms with Crippen LogP contribution in [0.15, 0.2) is 22.7 Å². The molecule has 0 amide bonds. The van der Waals surface area contributed by atoms with Crippen LogP contribution in [0.4, 0.5) is 18.9 Å². The Morgan fingerprint density at radius 2 is 1.72 bits per heavy atom. The van der Waals surface area contributed by atoms with Crippen LogP contribution in [0, 0.1) is 0 Å². The highest BCUT2D eigenvalue weighted by atomic mass is 79.9. The van der Waals surface area contributed by atoms with Crippen LogP contribution in [0.5, 0.6) is 0 Å². The van der Waals surface area contributed by atoms with Crippen molar-refractivity contribution >= 4 is 21.6 Å². The van der Waals surface area contributed by atoms with Gasteiger partial charge in [0.2, 0.25) is 0 Å². The molecular weight excluding hydrogens is 307 g/mol. The summed E-state index contributed by atoms with van der Waals surface area (Å²) in [4.78, 5) is 0. The Bertz CT molecular complexity index is 411. The summed E-state index contributed by atoms with van der Waals surface area (Å²) in [7, 11) is 0. The highest BCUT2D eigenvalue weighted by molar-refractivity contribution is 9.10. The maximum atomic E-state index is 12.9. The van der Waals surface area contributed by atoms with E-state index in [4.69, 9.17) is 0 Å². The molecule has 0 aliphatic carbocycles. The molecule has 0 unspecified atom stereocenters. The van der Waals surface area contributed by atoms with Gasteiger partial charge in [0.05, 0.1) is 5.56 Å². The van der Waals surface area contributed by atoms with Gasteiger partial charge in [-0.1, -0.05) is 29.8 Å². The Labute approximate surface area is 114 Å². The van der Waals surface area contributed by atoms with E-state index in [0.717, 1.165) is 18.9 Å². The number of halogens is 4. The molecule has 0 radical (unpaired) electrons. The summed E-state index contributed by atoms with van der Waals surface area (Å²) in [5, 5.41) is 3.02. The predicted molar refractivity (Wildman–Crippen MR) is 71.8 cm³/mol. The summed E-state index contributed by atoms with van der Waals surface area (Å²) in [6.07, 6.45) is -2.83. The molecule has 0 spiro atoms. The first-order chi connectivity index (χ1) is 8.22. The second kappa shape index (κ2) is 5.51. The van der Waals surface area contributed by atoms with Gasteiger partial charge in [0.25, 0.3) is 0 Å². The molecule has 0 aliphatic heterocycles. The number of benzene rings is 1. The van der Waals surface area contributed by atoms with Gasteiger partial charge in [0.15, 0.2) is 0 Å². The minimum atomic E-state index is -4.34. The van der Waals surface area contributed by atoms with Crippen LogP contribution < -0.4 is 5.32 Å². The van der Waals surface area contributed by atoms with E-state index in [0.29, 0.717) is 4.47 Å². The van der Waals surface area contributed by atoms with Crippen molar-refractivity contribution in [1.29, 1.82) is 0 Å². The lowest BCUT2D eigenvalue weighted by atomic mass is 9.94. The standard InChI is InChI=1S/C13H17BrF3N/c1-4-12(3,5-2)18-11-8-9(14)6-7-10(11)13(15,16)17/h6-8,18H,4-5H2,1-3H3. The van der Waals surface area contributed by atoms with Crippen molar-refractivity contribution in [2.45, 2.75) is 45.3 Å². The monoisotopic (exact) mass is 323 g/mol. The van der Waals surface area contributed by atoms with E-state index >= 15 is 0 Å². The van der Waals surface area contributed by atoms with Crippen LogP contribution in [0.2, 0.25) is 0 Å². The minimum Gasteiger partial charge on any atom is -0.379 e. The van der Waals surface area contributed by atoms with Crippen molar-refractivity contribution in [2.24, 2.45) is 0 Å². The molecule has 0 heterocycles. The zero-order valence-electron chi connectivity index (χ0n) is 10.7. The molecule has 0 fully saturated rings. The fourth-order valence-electron chi connectivity index (χ4n) is 1.62. The Hall–Kier alpha value is -0.710. The molecule has 0 aromatic heterocycles. The fourth-order valence-corrected chi connectivity index (χ4v) is 1.98. The van der Waals surface area contributed by atoms with Crippen LogP contribution in [-0.2, 0) is 6.18 Å². The molecule has 1 rings (SSSR count). The Morgan fingerprint density at radius 3 is 2.17 bits per heavy atom. The molecule has 1 nitrogen and oxygen atoms in total. The number of anilines is 1. The summed E-state index contributed by atoms with van der Waals surface area (Å²) < 4.78 is 39.4. The van der Waals surface area contributed by atoms with Crippen LogP contribution in [0.3, 0.4) is 0 Å². The van der Waals surface area contributed by atoms with Gasteiger partial charge in [-0.3, -0.25) is 0 Å². The van der Waals surface area contributed by atoms with Gasteiger partial charge in [-0.2, -0.15) is 13.2 Å². The van der Waals surface area contributed by atoms with E-state index in [1.807, 2.05) is 20.8 Å². The van der Waals surface area contributed by atoms with Crippen molar-refractivity contribution in [2.75, 3.05) is 5.32 Å². The highest BCUT2D eigenvalue weighted by Crippen LogP contribution is 2.38. The average Bonchev–Trinajstić information content (AvgIpc) is 2.27. The van der Waals surface area contributed by atoms with Gasteiger partial charge in [0, 0.05) is 15.7 Å². The summed E-state index contributed by atoms with van der Waals surface area (Å²) in [5.41, 5.74) is -0.831. The zero-order chi connectivity index (χ0) is 14.0. The van der Waals surface area contributed by atoms with Crippen LogP contribution in [-0.4, -0.2) is 5.54 Å². The molecule has 18 heavy (non-hydrogen) atoms. The maximum Gasteiger partial charge on any atom is 0.418 e. The number of rotatable bonds is 4. The predicted octanol–water partition coefficient (Wildman–Crippen LogP) is 5.46. The zero-order valence-corrected chi connectivity index (χ0v) is 12.2. The maximum absolute atomic E-state index is 12.9. The van der Waals surface area contributed by atoms with Crippen molar-refractivity contribution in [3.8, 4) is 0 Å². The van der Waals surface area contributed by atoms with Crippen molar-refractivity contribution < 1.29 is 13.2 Å². The average molecular weight is 324 g/mol. The molecule has 1 aromatic carbocycles. The van der Waals surface area contributed by atoms with E-state index in [9.17, 15) is 13.2 Å². The van der Waals surface area contributed by atoms with E-state index in [1.54, 1.807) is 0 Å². The van der Waals surface area contributed by atoms with Gasteiger partial charge in [0.1, 0.15) is 0 Å². The van der Waals surface area contributed by atoms with Crippen molar-refractivity contribution in [3.63, 3.8) is 0 Å². The number of hydrogen-bond donors (Lipinski definition) is 1. The van der Waals surface area contributed by atoms with Gasteiger partial charge < -0.3 is 5.32 Å². The molecular formula is C13H17BrF3N. The topological polar surface area (TPSA) is 12.0 Å². The van der Waals surface area contributed by atoms with Crippen LogP contribution in [0.25, 0.3) is 0 Å². The number of alkyl halides is 3. The lowest BCUT2D eigenvalue weighted by molar-refractivity contribution is -0.137. The quantitative estimate of drug-likeness (QED) is 0.775. The third-order valence-electron chi connectivity index (χ3n) is 3.28. The summed E-state index contributed by atoms with van der Waals surface area (Å²) >= 11 is 3.21. The molecule has 1 aromatic rings. The molecule has 0 atom stereocenters. The third kappa shape index (κ3) is 3.64. The first-order valence-corrected chi connectivity index (χ1v) is 6.66. The molecule has 5 heteroatoms. The van der Waals surface area contributed by atoms with Gasteiger partial charge in [-0.15, -0.1) is 0 Å². The van der Waals surface area contributed by atoms with Gasteiger partial charge >= 0.3 is 6.18 Å². The van der Waals surface area contributed by atoms with Crippen molar-refractivity contribution in [3.05, 3.63) is 28.2 Å². The minimum absolute atomic E-state index is 0.128. The lowest BCUT2D eigenvalue weighted by Gasteiger charge is -2.31. The van der Waals surface area contributed by atoms with E-state index in [1.165, 1.54) is 12.1 Å². The molecule has 0 bridgehead atoms. The third-order valence-corrected chi connectivity index (χ3v) is 3.78. The first-order valence-electron chi connectivity index (χ1n) is 5.87. The first kappa shape index (κ1) is 15.3. The Morgan fingerprint density at radius 1 is 1.17 bits per heavy atom. The van der Waals surface area contributed by atoms with Crippen molar-refractivity contribution in [1.82, 2.24) is 0 Å². The second-order valence-electron chi connectivity index (χ2n) is 4.58. The summed E-state index contributed by atoms with van der Waals surface area (Å²) in [5.74, 6) is 0. The fraction of sp³-hybridized carbons (Fsp3) is 0.538. The smallest absolute Gasteiger partial charge is 0.379 e. The molecule has 102 valence electrons. The molecule has 0 saturated heterocycles. The molecule has 0 aliphatic rings. The molecule has 0 saturated carbocycles. The Kier molecular flexibility index (Phi) is 4.70.